The van der Waals surface area contributed by atoms with E-state index in [-0.39, 0.29) is 0 Å². The number of esters is 1. The second kappa shape index (κ2) is 3.37. The molecule has 0 aliphatic carbocycles. The Hall–Kier alpha value is -0.640. The molecular weight excluding hydrogens is 115 g/mol. The Kier molecular flexibility index (Phi) is 3.10. The van der Waals surface area contributed by atoms with Crippen molar-refractivity contribution in [2.75, 3.05) is 6.61 Å². The summed E-state index contributed by atoms with van der Waals surface area (Å²) < 4.78 is 15.4. The largest absolute Gasteiger partial charge is 0.460 e. The van der Waals surface area contributed by atoms with Crippen molar-refractivity contribution in [3.63, 3.8) is 0 Å². The number of carbonyl (C=O) groups is 1. The molecule has 0 aromatic carbocycles. The van der Waals surface area contributed by atoms with Crippen LogP contribution < -0.4 is 0 Å². The maximum absolute atomic E-state index is 11.3. The fourth-order valence-electron chi connectivity index (χ4n) is 0.186. The van der Waals surface area contributed by atoms with Crippen LogP contribution >= 0.6 is 0 Å². The van der Waals surface area contributed by atoms with Gasteiger partial charge in [-0.1, -0.05) is 0 Å². The van der Waals surface area contributed by atoms with Crippen molar-refractivity contribution in [3.8, 4) is 0 Å². The summed E-state index contributed by atoms with van der Waals surface area (Å²) in [6.07, 6.45) is -2.06. The lowest BCUT2D eigenvalue weighted by molar-refractivity contribution is -0.147. The molecule has 4 heteroatoms. The summed E-state index contributed by atoms with van der Waals surface area (Å²) in [7, 11) is 0. The summed E-state index contributed by atoms with van der Waals surface area (Å²) in [5.41, 5.74) is 0. The Balaban J connectivity index is 3.05. The van der Waals surface area contributed by atoms with Crippen molar-refractivity contribution in [1.29, 1.82) is 0 Å². The van der Waals surface area contributed by atoms with Gasteiger partial charge >= 0.3 is 5.97 Å². The van der Waals surface area contributed by atoms with Gasteiger partial charge in [0.25, 0.3) is 0 Å². The van der Waals surface area contributed by atoms with Gasteiger partial charge in [-0.3, -0.25) is 4.79 Å². The van der Waals surface area contributed by atoms with Gasteiger partial charge in [0.05, 0.1) is 0 Å². The zero-order valence-corrected chi connectivity index (χ0v) is 4.43. The highest BCUT2D eigenvalue weighted by atomic mass is 19.1. The first-order valence-electron chi connectivity index (χ1n) is 2.08. The van der Waals surface area contributed by atoms with Crippen molar-refractivity contribution in [3.05, 3.63) is 0 Å². The zero-order chi connectivity index (χ0) is 6.57. The highest BCUT2D eigenvalue weighted by Gasteiger charge is 2.00. The van der Waals surface area contributed by atoms with E-state index in [9.17, 15) is 9.18 Å². The summed E-state index contributed by atoms with van der Waals surface area (Å²) >= 11 is 0. The fraction of sp³-hybridized carbons (Fsp3) is 0.750. The third-order valence-electron chi connectivity index (χ3n) is 0.424. The summed E-state index contributed by atoms with van der Waals surface area (Å²) in [5, 5.41) is 7.86. The maximum Gasteiger partial charge on any atom is 0.302 e. The molecule has 0 bridgehead atoms. The number of hydrogen-bond acceptors (Lipinski definition) is 3. The Morgan fingerprint density at radius 1 is 2.00 bits per heavy atom. The van der Waals surface area contributed by atoms with E-state index in [2.05, 4.69) is 4.74 Å². The Bertz CT molecular complexity index is 81.4. The van der Waals surface area contributed by atoms with Gasteiger partial charge in [-0.05, 0) is 0 Å². The van der Waals surface area contributed by atoms with Gasteiger partial charge in [0, 0.05) is 6.92 Å². The average molecular weight is 122 g/mol. The summed E-state index contributed by atoms with van der Waals surface area (Å²) in [6.45, 7) is 0.567. The lowest BCUT2D eigenvalue weighted by Crippen LogP contribution is -2.11. The van der Waals surface area contributed by atoms with E-state index in [0.717, 1.165) is 6.92 Å². The highest BCUT2D eigenvalue weighted by Crippen LogP contribution is 1.84. The van der Waals surface area contributed by atoms with E-state index >= 15 is 0 Å². The van der Waals surface area contributed by atoms with E-state index < -0.39 is 18.9 Å². The molecule has 0 heterocycles. The van der Waals surface area contributed by atoms with Crippen LogP contribution in [0.5, 0.6) is 0 Å². The average Bonchev–Trinajstić information content (AvgIpc) is 1.61. The number of alkyl halides is 1. The van der Waals surface area contributed by atoms with Crippen LogP contribution in [0.15, 0.2) is 0 Å². The minimum Gasteiger partial charge on any atom is -0.460 e. The van der Waals surface area contributed by atoms with E-state index in [1.54, 1.807) is 0 Å². The summed E-state index contributed by atoms with van der Waals surface area (Å²) in [4.78, 5) is 9.85. The molecule has 48 valence electrons. The minimum atomic E-state index is -2.06. The molecule has 0 aromatic rings. The first-order chi connectivity index (χ1) is 3.63. The number of halogens is 1. The topological polar surface area (TPSA) is 46.5 Å². The number of rotatable bonds is 2. The smallest absolute Gasteiger partial charge is 0.302 e. The van der Waals surface area contributed by atoms with Crippen LogP contribution in [0.2, 0.25) is 0 Å². The van der Waals surface area contributed by atoms with Gasteiger partial charge in [0.2, 0.25) is 6.36 Å². The molecule has 0 aliphatic rings. The van der Waals surface area contributed by atoms with Gasteiger partial charge in [0.15, 0.2) is 0 Å². The lowest BCUT2D eigenvalue weighted by Gasteiger charge is -1.98. The van der Waals surface area contributed by atoms with Crippen molar-refractivity contribution in [2.24, 2.45) is 0 Å². The molecule has 0 saturated carbocycles. The van der Waals surface area contributed by atoms with Crippen LogP contribution in [0.1, 0.15) is 6.92 Å². The molecule has 0 amide bonds. The third kappa shape index (κ3) is 5.36. The monoisotopic (exact) mass is 122 g/mol. The minimum absolute atomic E-state index is 0.574. The second-order valence-electron chi connectivity index (χ2n) is 1.24. The van der Waals surface area contributed by atoms with Crippen LogP contribution in [0, 0.1) is 0 Å². The quantitative estimate of drug-likeness (QED) is 0.517. The van der Waals surface area contributed by atoms with E-state index in [0.29, 0.717) is 0 Å². The number of ether oxygens (including phenoxy) is 1. The predicted molar refractivity (Wildman–Crippen MR) is 23.7 cm³/mol. The van der Waals surface area contributed by atoms with Crippen LogP contribution in [0.4, 0.5) is 4.39 Å². The van der Waals surface area contributed by atoms with Gasteiger partial charge in [0.1, 0.15) is 6.61 Å². The van der Waals surface area contributed by atoms with Crippen LogP contribution in [-0.4, -0.2) is 24.0 Å². The number of carbonyl (C=O) groups excluding carboxylic acids is 1. The molecule has 0 radical (unpaired) electrons. The molecule has 0 fully saturated rings. The standard InChI is InChI=1S/C4H7FO3/c1-3(6)8-2-4(5)7/h4,7H,2H2,1H3. The van der Waals surface area contributed by atoms with E-state index in [1.165, 1.54) is 0 Å². The molecule has 0 aliphatic heterocycles. The molecule has 3 nitrogen and oxygen atoms in total. The normalized spacial score (nSPS) is 12.9. The Labute approximate surface area is 46.1 Å². The van der Waals surface area contributed by atoms with Gasteiger partial charge in [-0.25, -0.2) is 4.39 Å². The number of aliphatic hydroxyl groups is 1. The van der Waals surface area contributed by atoms with Crippen molar-refractivity contribution < 1.29 is 19.0 Å². The maximum atomic E-state index is 11.3. The molecule has 1 N–H and O–H groups in total. The van der Waals surface area contributed by atoms with Gasteiger partial charge in [-0.15, -0.1) is 0 Å². The molecule has 1 unspecified atom stereocenters. The lowest BCUT2D eigenvalue weighted by atomic mass is 10.7. The number of aliphatic hydroxyl groups excluding tert-OH is 1. The van der Waals surface area contributed by atoms with Crippen molar-refractivity contribution >= 4 is 5.97 Å². The molecule has 0 saturated heterocycles. The third-order valence-corrected chi connectivity index (χ3v) is 0.424. The van der Waals surface area contributed by atoms with Crippen LogP contribution in [0.25, 0.3) is 0 Å². The zero-order valence-electron chi connectivity index (χ0n) is 4.43. The van der Waals surface area contributed by atoms with Crippen LogP contribution in [-0.2, 0) is 9.53 Å². The molecule has 0 rings (SSSR count). The highest BCUT2D eigenvalue weighted by molar-refractivity contribution is 5.65. The molecule has 0 aromatic heterocycles. The predicted octanol–water partition coefficient (Wildman–Crippen LogP) is -0.163. The summed E-state index contributed by atoms with van der Waals surface area (Å²) in [6, 6.07) is 0. The van der Waals surface area contributed by atoms with Gasteiger partial charge in [-0.2, -0.15) is 0 Å². The Morgan fingerprint density at radius 2 is 2.50 bits per heavy atom. The van der Waals surface area contributed by atoms with Crippen molar-refractivity contribution in [1.82, 2.24) is 0 Å². The SMILES string of the molecule is CC(=O)OCC(O)F. The molecule has 8 heavy (non-hydrogen) atoms. The van der Waals surface area contributed by atoms with Crippen molar-refractivity contribution in [2.45, 2.75) is 13.3 Å². The fourth-order valence-corrected chi connectivity index (χ4v) is 0.186. The molecule has 1 atom stereocenters. The molecular formula is C4H7FO3. The summed E-state index contributed by atoms with van der Waals surface area (Å²) in [5.74, 6) is -0.596. The van der Waals surface area contributed by atoms with E-state index in [4.69, 9.17) is 5.11 Å². The van der Waals surface area contributed by atoms with E-state index in [1.807, 2.05) is 0 Å². The Morgan fingerprint density at radius 3 is 2.62 bits per heavy atom. The second-order valence-corrected chi connectivity index (χ2v) is 1.24. The number of hydrogen-bond donors (Lipinski definition) is 1. The van der Waals surface area contributed by atoms with Crippen LogP contribution in [0.3, 0.4) is 0 Å². The van der Waals surface area contributed by atoms with Gasteiger partial charge < -0.3 is 9.84 Å². The first-order valence-corrected chi connectivity index (χ1v) is 2.08. The molecule has 0 spiro atoms. The first kappa shape index (κ1) is 7.36.